The topological polar surface area (TPSA) is 210 Å². The van der Waals surface area contributed by atoms with Gasteiger partial charge in [0.15, 0.2) is 0 Å². The second-order valence-corrected chi connectivity index (χ2v) is 18.5. The molecule has 1 heterocycles. The lowest BCUT2D eigenvalue weighted by molar-refractivity contribution is -0.148. The molecular weight excluding hydrogens is 767 g/mol. The first-order chi connectivity index (χ1) is 27.0. The van der Waals surface area contributed by atoms with Gasteiger partial charge in [0.2, 0.25) is 33.7 Å². The summed E-state index contributed by atoms with van der Waals surface area (Å²) in [5.74, 6) is -3.33. The number of methoxy groups -OCH3 is 2. The number of carbonyl (C=O) groups excluding carboxylic acids is 5. The van der Waals surface area contributed by atoms with Crippen LogP contribution in [0, 0.1) is 23.7 Å². The minimum atomic E-state index is -3.92. The Morgan fingerprint density at radius 3 is 1.98 bits per heavy atom. The molecule has 9 atom stereocenters. The van der Waals surface area contributed by atoms with Crippen LogP contribution in [0.1, 0.15) is 79.7 Å². The number of anilines is 1. The van der Waals surface area contributed by atoms with E-state index < -0.39 is 70.2 Å². The van der Waals surface area contributed by atoms with E-state index in [-0.39, 0.29) is 48.3 Å². The van der Waals surface area contributed by atoms with Crippen molar-refractivity contribution in [3.63, 3.8) is 0 Å². The highest BCUT2D eigenvalue weighted by Gasteiger charge is 2.43. The fourth-order valence-electron chi connectivity index (χ4n) is 8.07. The molecule has 2 rings (SSSR count). The van der Waals surface area contributed by atoms with Crippen molar-refractivity contribution in [3.8, 4) is 0 Å². The fourth-order valence-corrected chi connectivity index (χ4v) is 8.57. The number of ether oxygens (including phenoxy) is 2. The number of nitrogens with zero attached hydrogens (tertiary/aromatic N) is 3. The Labute approximate surface area is 346 Å². The number of hydrogen-bond donors (Lipinski definition) is 4. The lowest BCUT2D eigenvalue weighted by atomic mass is 9.89. The lowest BCUT2D eigenvalue weighted by Gasteiger charge is -2.41. The van der Waals surface area contributed by atoms with E-state index in [2.05, 4.69) is 10.6 Å². The molecule has 0 aliphatic carbocycles. The first-order valence-corrected chi connectivity index (χ1v) is 22.1. The van der Waals surface area contributed by atoms with Crippen LogP contribution in [0.25, 0.3) is 0 Å². The number of nitrogens with two attached hydrogens (primary N) is 1. The normalized spacial score (nSPS) is 18.8. The third-order valence-corrected chi connectivity index (χ3v) is 11.9. The summed E-state index contributed by atoms with van der Waals surface area (Å²) in [5.41, 5.74) is 6.96. The maximum absolute atomic E-state index is 14.3. The minimum Gasteiger partial charge on any atom is -0.399 e. The van der Waals surface area contributed by atoms with Crippen LogP contribution in [0.4, 0.5) is 5.69 Å². The van der Waals surface area contributed by atoms with E-state index in [0.717, 1.165) is 6.26 Å². The molecule has 1 saturated heterocycles. The Morgan fingerprint density at radius 2 is 1.50 bits per heavy atom. The van der Waals surface area contributed by atoms with Crippen molar-refractivity contribution in [1.29, 1.82) is 0 Å². The smallest absolute Gasteiger partial charge is 0.256 e. The van der Waals surface area contributed by atoms with E-state index in [1.165, 1.54) is 14.2 Å². The van der Waals surface area contributed by atoms with E-state index in [0.29, 0.717) is 37.1 Å². The van der Waals surface area contributed by atoms with Gasteiger partial charge in [0, 0.05) is 39.9 Å². The molecule has 1 aliphatic heterocycles. The molecule has 0 saturated carbocycles. The van der Waals surface area contributed by atoms with Crippen LogP contribution in [-0.2, 0) is 49.9 Å². The number of amides is 5. The molecule has 17 heteroatoms. The molecule has 0 bridgehead atoms. The number of nitrogen functional groups attached to an aromatic ring is 1. The quantitative estimate of drug-likeness (QED) is 0.124. The van der Waals surface area contributed by atoms with E-state index in [1.54, 1.807) is 48.0 Å². The Balaban J connectivity index is 2.33. The van der Waals surface area contributed by atoms with Gasteiger partial charge in [-0.05, 0) is 62.4 Å². The van der Waals surface area contributed by atoms with Gasteiger partial charge in [-0.2, -0.15) is 0 Å². The number of rotatable bonds is 22. The van der Waals surface area contributed by atoms with E-state index in [1.807, 2.05) is 65.3 Å². The molecule has 1 fully saturated rings. The molecule has 16 nitrogen and oxygen atoms in total. The molecule has 0 radical (unpaired) electrons. The predicted molar refractivity (Wildman–Crippen MR) is 225 cm³/mol. The summed E-state index contributed by atoms with van der Waals surface area (Å²) in [6.07, 6.45) is 1.23. The van der Waals surface area contributed by atoms with E-state index in [9.17, 15) is 32.4 Å². The fraction of sp³-hybridized carbons (Fsp3) is 0.732. The minimum absolute atomic E-state index is 0.00266. The Kier molecular flexibility index (Phi) is 19.6. The summed E-state index contributed by atoms with van der Waals surface area (Å²) in [6.45, 7) is 13.8. The number of hydrogen-bond acceptors (Lipinski definition) is 11. The molecule has 5 amide bonds. The average molecular weight is 838 g/mol. The summed E-state index contributed by atoms with van der Waals surface area (Å²) >= 11 is 0. The highest BCUT2D eigenvalue weighted by atomic mass is 32.2. The van der Waals surface area contributed by atoms with E-state index >= 15 is 0 Å². The molecule has 0 spiro atoms. The van der Waals surface area contributed by atoms with Crippen LogP contribution < -0.4 is 21.1 Å². The zero-order valence-corrected chi connectivity index (χ0v) is 37.7. The zero-order chi connectivity index (χ0) is 44.2. The molecule has 1 aromatic carbocycles. The van der Waals surface area contributed by atoms with Crippen LogP contribution in [-0.4, -0.2) is 143 Å². The SMILES string of the molecule is CC[C@H](C)[C@@H]([C@@H](CC(=O)N1CCC[C@H]1[C@H](OC)[C@@H](C)C(=O)N[C@@H](Cc1ccc(N)cc1)C(=O)NS(C)(=O)=O)OC)N(C)C(=O)[C@@H](NC(=O)[C@H](C(C)C)N(C)C)C(C)C. The molecule has 330 valence electrons. The Hall–Kier alpha value is -3.80. The van der Waals surface area contributed by atoms with Gasteiger partial charge in [-0.15, -0.1) is 0 Å². The van der Waals surface area contributed by atoms with Gasteiger partial charge in [0.05, 0.1) is 48.9 Å². The molecule has 1 aliphatic rings. The van der Waals surface area contributed by atoms with Crippen molar-refractivity contribution in [2.24, 2.45) is 23.7 Å². The Morgan fingerprint density at radius 1 is 0.897 bits per heavy atom. The van der Waals surface area contributed by atoms with Crippen LogP contribution >= 0.6 is 0 Å². The lowest BCUT2D eigenvalue weighted by Crippen LogP contribution is -2.59. The van der Waals surface area contributed by atoms with Crippen LogP contribution in [0.3, 0.4) is 0 Å². The summed E-state index contributed by atoms with van der Waals surface area (Å²) < 4.78 is 37.8. The Bertz CT molecular complexity index is 1630. The third kappa shape index (κ3) is 13.9. The summed E-state index contributed by atoms with van der Waals surface area (Å²) in [6, 6.07) is 3.18. The maximum Gasteiger partial charge on any atom is 0.256 e. The maximum atomic E-state index is 14.3. The predicted octanol–water partition coefficient (Wildman–Crippen LogP) is 2.02. The summed E-state index contributed by atoms with van der Waals surface area (Å²) in [7, 11) is 4.42. The average Bonchev–Trinajstić information content (AvgIpc) is 3.62. The van der Waals surface area contributed by atoms with Crippen molar-refractivity contribution in [2.75, 3.05) is 53.9 Å². The first kappa shape index (κ1) is 50.3. The molecule has 0 unspecified atom stereocenters. The van der Waals surface area contributed by atoms with Gasteiger partial charge >= 0.3 is 0 Å². The van der Waals surface area contributed by atoms with Crippen molar-refractivity contribution >= 4 is 45.2 Å². The third-order valence-electron chi connectivity index (χ3n) is 11.3. The van der Waals surface area contributed by atoms with Gasteiger partial charge < -0.3 is 35.6 Å². The standard InChI is InChI=1S/C41H71N7O9S/c1-14-26(6)36(47(10)41(53)34(24(2)3)44-40(52)35(25(4)5)46(8)9)32(56-11)23-33(49)48-21-15-16-31(48)37(57-12)27(7)38(50)43-30(39(51)45-58(13,54)55)22-28-17-19-29(42)20-18-28/h17-20,24-27,30-32,34-37H,14-16,21-23,42H2,1-13H3,(H,43,50)(H,44,52)(H,45,51)/t26-,27+,30-,31-,32+,34-,35-,36-,37+/m0/s1. The second kappa shape index (κ2) is 22.5. The number of nitrogens with one attached hydrogen (secondary N) is 3. The number of likely N-dealkylation sites (tertiary alicyclic amines) is 1. The number of carbonyl (C=O) groups is 5. The van der Waals surface area contributed by atoms with Gasteiger partial charge in [0.25, 0.3) is 5.91 Å². The molecule has 0 aromatic heterocycles. The van der Waals surface area contributed by atoms with Gasteiger partial charge in [-0.1, -0.05) is 67.0 Å². The second-order valence-electron chi connectivity index (χ2n) is 16.7. The number of sulfonamides is 1. The molecule has 5 N–H and O–H groups in total. The molecule has 1 aromatic rings. The molecule has 58 heavy (non-hydrogen) atoms. The van der Waals surface area contributed by atoms with Crippen molar-refractivity contribution in [2.45, 2.75) is 123 Å². The highest BCUT2D eigenvalue weighted by Crippen LogP contribution is 2.30. The van der Waals surface area contributed by atoms with Gasteiger partial charge in [-0.3, -0.25) is 33.6 Å². The van der Waals surface area contributed by atoms with Gasteiger partial charge in [-0.25, -0.2) is 8.42 Å². The summed E-state index contributed by atoms with van der Waals surface area (Å²) in [4.78, 5) is 74.0. The van der Waals surface area contributed by atoms with E-state index in [4.69, 9.17) is 15.2 Å². The summed E-state index contributed by atoms with van der Waals surface area (Å²) in [5, 5.41) is 5.72. The number of benzene rings is 1. The number of likely N-dealkylation sites (N-methyl/N-ethyl adjacent to an activating group) is 2. The first-order valence-electron chi connectivity index (χ1n) is 20.2. The largest absolute Gasteiger partial charge is 0.399 e. The van der Waals surface area contributed by atoms with Crippen molar-refractivity contribution in [1.82, 2.24) is 30.1 Å². The molecular formula is C41H71N7O9S. The zero-order valence-electron chi connectivity index (χ0n) is 36.9. The van der Waals surface area contributed by atoms with Gasteiger partial charge in [0.1, 0.15) is 12.1 Å². The van der Waals surface area contributed by atoms with Crippen LogP contribution in [0.2, 0.25) is 0 Å². The van der Waals surface area contributed by atoms with Crippen molar-refractivity contribution < 1.29 is 41.9 Å². The van der Waals surface area contributed by atoms with Crippen molar-refractivity contribution in [3.05, 3.63) is 29.8 Å². The highest BCUT2D eigenvalue weighted by molar-refractivity contribution is 7.89. The van der Waals surface area contributed by atoms with Crippen LogP contribution in [0.15, 0.2) is 24.3 Å². The monoisotopic (exact) mass is 838 g/mol. The van der Waals surface area contributed by atoms with Crippen LogP contribution in [0.5, 0.6) is 0 Å².